The number of rotatable bonds is 16. The zero-order valence-electron chi connectivity index (χ0n) is 43.7. The van der Waals surface area contributed by atoms with Crippen molar-refractivity contribution in [3.63, 3.8) is 0 Å². The summed E-state index contributed by atoms with van der Waals surface area (Å²) in [7, 11) is 4.99. The van der Waals surface area contributed by atoms with Gasteiger partial charge in [0, 0.05) is 82.3 Å². The highest BCUT2D eigenvalue weighted by Gasteiger charge is 2.56. The van der Waals surface area contributed by atoms with Gasteiger partial charge in [0.25, 0.3) is 5.69 Å². The molecule has 19 heteroatoms. The summed E-state index contributed by atoms with van der Waals surface area (Å²) in [5.41, 5.74) is -2.43. The van der Waals surface area contributed by atoms with Crippen LogP contribution in [-0.2, 0) is 57.4 Å². The van der Waals surface area contributed by atoms with Crippen LogP contribution < -0.4 is 0 Å². The second kappa shape index (κ2) is 24.0. The molecule has 0 radical (unpaired) electrons. The number of carbonyl (C=O) groups is 2. The van der Waals surface area contributed by atoms with Crippen LogP contribution in [0.5, 0.6) is 0 Å². The van der Waals surface area contributed by atoms with Crippen LogP contribution in [0.25, 0.3) is 0 Å². The molecule has 0 saturated carbocycles. The van der Waals surface area contributed by atoms with Gasteiger partial charge in [-0.2, -0.15) is 0 Å². The second-order valence-corrected chi connectivity index (χ2v) is 21.3. The van der Waals surface area contributed by atoms with E-state index in [0.717, 1.165) is 30.5 Å². The lowest BCUT2D eigenvalue weighted by Gasteiger charge is -2.52. The summed E-state index contributed by atoms with van der Waals surface area (Å²) in [6, 6.07) is 6.20. The molecule has 18 atom stereocenters. The number of esters is 1. The van der Waals surface area contributed by atoms with E-state index in [1.807, 2.05) is 38.7 Å². The van der Waals surface area contributed by atoms with Crippen LogP contribution in [0.15, 0.2) is 30.5 Å². The fourth-order valence-electron chi connectivity index (χ4n) is 11.5. The number of aryl methyl sites for hydroxylation is 2. The highest BCUT2D eigenvalue weighted by Crippen LogP contribution is 2.46. The number of aliphatic hydroxyl groups is 4. The zero-order valence-corrected chi connectivity index (χ0v) is 43.7. The molecule has 4 heterocycles. The van der Waals surface area contributed by atoms with E-state index in [1.165, 1.54) is 33.3 Å². The number of benzene rings is 1. The van der Waals surface area contributed by atoms with Gasteiger partial charge in [0.1, 0.15) is 29.7 Å². The lowest BCUT2D eigenvalue weighted by Crippen LogP contribution is -2.62. The molecule has 3 saturated heterocycles. The Morgan fingerprint density at radius 1 is 0.914 bits per heavy atom. The van der Waals surface area contributed by atoms with Gasteiger partial charge in [-0.3, -0.25) is 24.4 Å². The fourth-order valence-corrected chi connectivity index (χ4v) is 11.5. The summed E-state index contributed by atoms with van der Waals surface area (Å²) >= 11 is 0. The lowest BCUT2D eigenvalue weighted by molar-refractivity contribution is -0.384. The molecule has 1 aromatic heterocycles. The number of Topliss-reactive ketones (excluding diaryl/α,β-unsaturated/α-hetero) is 1. The number of cyclic esters (lactones) is 1. The van der Waals surface area contributed by atoms with Crippen molar-refractivity contribution in [1.82, 2.24) is 19.9 Å². The Kier molecular flexibility index (Phi) is 19.7. The van der Waals surface area contributed by atoms with E-state index < -0.39 is 112 Å². The molecule has 5 rings (SSSR count). The molecule has 3 aliphatic rings. The van der Waals surface area contributed by atoms with Crippen LogP contribution in [-0.4, -0.2) is 163 Å². The Labute approximate surface area is 414 Å². The van der Waals surface area contributed by atoms with E-state index in [-0.39, 0.29) is 36.8 Å². The number of hydrogen-bond acceptors (Lipinski definition) is 17. The Hall–Kier alpha value is -3.50. The second-order valence-electron chi connectivity index (χ2n) is 21.3. The molecular weight excluding hydrogens is 907 g/mol. The molecule has 0 amide bonds. The van der Waals surface area contributed by atoms with Gasteiger partial charge in [-0.1, -0.05) is 52.0 Å². The number of nitro groups is 1. The SMILES string of the molecule is CC[C@H]1OC(=O)[C@H](C)[C@@H](C2C[C@@](C)(OC)[C@@H](O)[C@H](C)O2)[C@H](C)[C@@H](O[C@@H]2O[C@H](C)C[C@H](N(C)CCc3cn(CCCCc4ccc([N+](=O)[O-])cc4)nn3)[C@H]2O)[C@](C)(OC)C[C@@H](C)C(=O)[C@H](C)[C@@H](O)[C@]1(C)O. The molecule has 3 fully saturated rings. The van der Waals surface area contributed by atoms with Gasteiger partial charge in [0.05, 0.1) is 58.3 Å². The predicted octanol–water partition coefficient (Wildman–Crippen LogP) is 4.85. The maximum atomic E-state index is 14.6. The first-order chi connectivity index (χ1) is 32.8. The third-order valence-corrected chi connectivity index (χ3v) is 16.1. The average Bonchev–Trinajstić information content (AvgIpc) is 3.79. The number of ketones is 1. The van der Waals surface area contributed by atoms with Crippen molar-refractivity contribution in [2.75, 3.05) is 27.8 Å². The van der Waals surface area contributed by atoms with Gasteiger partial charge < -0.3 is 53.7 Å². The van der Waals surface area contributed by atoms with Crippen molar-refractivity contribution in [1.29, 1.82) is 0 Å². The van der Waals surface area contributed by atoms with Crippen molar-refractivity contribution in [2.24, 2.45) is 29.6 Å². The highest BCUT2D eigenvalue weighted by atomic mass is 16.7. The van der Waals surface area contributed by atoms with E-state index in [9.17, 15) is 40.1 Å². The first-order valence-electron chi connectivity index (χ1n) is 25.2. The zero-order chi connectivity index (χ0) is 52.0. The predicted molar refractivity (Wildman–Crippen MR) is 258 cm³/mol. The van der Waals surface area contributed by atoms with Gasteiger partial charge in [-0.15, -0.1) is 5.10 Å². The normalized spacial score (nSPS) is 39.4. The van der Waals surface area contributed by atoms with Gasteiger partial charge in [0.2, 0.25) is 0 Å². The number of aliphatic hydroxyl groups excluding tert-OH is 3. The molecule has 70 heavy (non-hydrogen) atoms. The Morgan fingerprint density at radius 2 is 1.57 bits per heavy atom. The van der Waals surface area contributed by atoms with E-state index in [4.69, 9.17) is 28.4 Å². The van der Waals surface area contributed by atoms with Crippen LogP contribution in [0.2, 0.25) is 0 Å². The van der Waals surface area contributed by atoms with E-state index >= 15 is 0 Å². The molecule has 4 N–H and O–H groups in total. The van der Waals surface area contributed by atoms with Crippen LogP contribution in [0.1, 0.15) is 119 Å². The largest absolute Gasteiger partial charge is 0.459 e. The Morgan fingerprint density at radius 3 is 2.19 bits per heavy atom. The lowest BCUT2D eigenvalue weighted by atomic mass is 9.67. The van der Waals surface area contributed by atoms with Crippen LogP contribution in [0.4, 0.5) is 5.69 Å². The minimum Gasteiger partial charge on any atom is -0.459 e. The molecular formula is C51H83N5O14. The summed E-state index contributed by atoms with van der Waals surface area (Å²) in [5, 5.41) is 66.8. The number of non-ortho nitro benzene ring substituents is 1. The number of carbonyl (C=O) groups excluding carboxylic acids is 2. The van der Waals surface area contributed by atoms with Gasteiger partial charge in [-0.05, 0) is 91.7 Å². The molecule has 0 spiro atoms. The number of likely N-dealkylation sites (N-methyl/N-ethyl adjacent to an activating group) is 1. The minimum absolute atomic E-state index is 0.0734. The summed E-state index contributed by atoms with van der Waals surface area (Å²) in [4.78, 5) is 41.5. The van der Waals surface area contributed by atoms with Gasteiger partial charge >= 0.3 is 5.97 Å². The van der Waals surface area contributed by atoms with Crippen molar-refractivity contribution in [3.05, 3.63) is 51.8 Å². The highest BCUT2D eigenvalue weighted by molar-refractivity contribution is 5.83. The topological polar surface area (TPSA) is 248 Å². The van der Waals surface area contributed by atoms with Crippen molar-refractivity contribution in [3.8, 4) is 0 Å². The van der Waals surface area contributed by atoms with Gasteiger partial charge in [-0.25, -0.2) is 0 Å². The van der Waals surface area contributed by atoms with Gasteiger partial charge in [0.15, 0.2) is 6.29 Å². The first kappa shape index (κ1) is 57.4. The van der Waals surface area contributed by atoms with Crippen LogP contribution >= 0.6 is 0 Å². The Bertz CT molecular complexity index is 2020. The van der Waals surface area contributed by atoms with Crippen LogP contribution in [0, 0.1) is 39.7 Å². The summed E-state index contributed by atoms with van der Waals surface area (Å²) in [6.07, 6.45) is -2.91. The molecule has 19 nitrogen and oxygen atoms in total. The third kappa shape index (κ3) is 13.0. The number of nitro benzene ring substituents is 1. The average molecular weight is 990 g/mol. The minimum atomic E-state index is -1.98. The molecule has 0 bridgehead atoms. The molecule has 0 aliphatic carbocycles. The molecule has 1 unspecified atom stereocenters. The van der Waals surface area contributed by atoms with Crippen molar-refractivity contribution in [2.45, 2.75) is 205 Å². The molecule has 1 aromatic carbocycles. The molecule has 2 aromatic rings. The number of hydrogen-bond donors (Lipinski definition) is 4. The van der Waals surface area contributed by atoms with Crippen molar-refractivity contribution >= 4 is 17.4 Å². The smallest absolute Gasteiger partial charge is 0.309 e. The van der Waals surface area contributed by atoms with Crippen LogP contribution in [0.3, 0.4) is 0 Å². The number of methoxy groups -OCH3 is 2. The number of nitrogens with zero attached hydrogens (tertiary/aromatic N) is 5. The Balaban J connectivity index is 1.41. The maximum Gasteiger partial charge on any atom is 0.309 e. The van der Waals surface area contributed by atoms with E-state index in [0.29, 0.717) is 25.9 Å². The number of ether oxygens (including phenoxy) is 6. The molecule has 396 valence electrons. The monoisotopic (exact) mass is 990 g/mol. The summed E-state index contributed by atoms with van der Waals surface area (Å²) in [5.74, 6) is -5.06. The summed E-state index contributed by atoms with van der Waals surface area (Å²) < 4.78 is 40.5. The first-order valence-corrected chi connectivity index (χ1v) is 25.2. The van der Waals surface area contributed by atoms with E-state index in [1.54, 1.807) is 53.7 Å². The van der Waals surface area contributed by atoms with E-state index in [2.05, 4.69) is 15.2 Å². The standard InChI is InChI=1S/C51H83N5O14/c1-14-40-51(10,62)44(59)33(6)42(57)29(2)26-50(9,66-13)46(31(4)41(32(5)47(61)69-40)39-27-49(8,65-12)45(60)34(7)68-39)70-48-43(58)38(25-30(3)67-48)54(11)24-22-36-28-55(53-52-36)23-16-15-17-35-18-20-37(21-19-35)56(63)64/h18-21,28-34,38-41,43-46,48,58-60,62H,14-17,22-27H2,1-13H3/t29-,30-,31+,32-,33+,34+,38+,39?,40-,41+,43-,44-,45+,46-,48+,49-,50-,51-/m1/s1. The quantitative estimate of drug-likeness (QED) is 0.0760. The summed E-state index contributed by atoms with van der Waals surface area (Å²) in [6.45, 7) is 18.6. The maximum absolute atomic E-state index is 14.6. The third-order valence-electron chi connectivity index (χ3n) is 16.1. The number of aromatic nitrogens is 3. The number of unbranched alkanes of at least 4 members (excludes halogenated alkanes) is 1. The molecule has 3 aliphatic heterocycles. The fraction of sp³-hybridized carbons (Fsp3) is 0.804. The van der Waals surface area contributed by atoms with Crippen molar-refractivity contribution < 1.29 is 63.4 Å².